The molecule has 3 heteroatoms. The first-order valence-electron chi connectivity index (χ1n) is 5.93. The van der Waals surface area contributed by atoms with E-state index in [0.717, 1.165) is 24.5 Å². The Labute approximate surface area is 97.4 Å². The number of rotatable bonds is 4. The number of anilines is 2. The smallest absolute Gasteiger partial charge is 0.123 e. The van der Waals surface area contributed by atoms with Crippen molar-refractivity contribution in [2.75, 3.05) is 30.4 Å². The molecule has 1 aromatic rings. The van der Waals surface area contributed by atoms with E-state index in [9.17, 15) is 0 Å². The second-order valence-electron chi connectivity index (χ2n) is 4.47. The fraction of sp³-hybridized carbons (Fsp3) is 0.538. The van der Waals surface area contributed by atoms with Crippen LogP contribution in [-0.2, 0) is 0 Å². The molecule has 1 heterocycles. The Morgan fingerprint density at radius 2 is 2.00 bits per heavy atom. The molecule has 0 amide bonds. The molecule has 1 saturated heterocycles. The molecule has 1 fully saturated rings. The Hall–Kier alpha value is -1.38. The van der Waals surface area contributed by atoms with Gasteiger partial charge in [0, 0.05) is 43.6 Å². The molecule has 1 N–H and O–H groups in total. The summed E-state index contributed by atoms with van der Waals surface area (Å²) in [5, 5.41) is 3.18. The number of hydrogen-bond donors (Lipinski definition) is 1. The van der Waals surface area contributed by atoms with Crippen LogP contribution in [0.2, 0.25) is 0 Å². The van der Waals surface area contributed by atoms with Gasteiger partial charge in [-0.25, -0.2) is 0 Å². The first-order valence-corrected chi connectivity index (χ1v) is 5.93. The molecule has 88 valence electrons. The van der Waals surface area contributed by atoms with Crippen molar-refractivity contribution in [1.29, 1.82) is 0 Å². The van der Waals surface area contributed by atoms with E-state index in [-0.39, 0.29) is 6.10 Å². The van der Waals surface area contributed by atoms with Crippen molar-refractivity contribution in [2.45, 2.75) is 26.4 Å². The lowest BCUT2D eigenvalue weighted by molar-refractivity contribution is 0.242. The lowest BCUT2D eigenvalue weighted by Gasteiger charge is -2.33. The Balaban J connectivity index is 2.23. The maximum Gasteiger partial charge on any atom is 0.123 e. The summed E-state index contributed by atoms with van der Waals surface area (Å²) >= 11 is 0. The van der Waals surface area contributed by atoms with Gasteiger partial charge in [0.1, 0.15) is 5.75 Å². The van der Waals surface area contributed by atoms with Gasteiger partial charge in [-0.1, -0.05) is 0 Å². The Morgan fingerprint density at radius 3 is 2.50 bits per heavy atom. The van der Waals surface area contributed by atoms with E-state index in [1.54, 1.807) is 0 Å². The van der Waals surface area contributed by atoms with Crippen LogP contribution in [0, 0.1) is 0 Å². The molecule has 1 aromatic carbocycles. The molecule has 1 aliphatic rings. The fourth-order valence-corrected chi connectivity index (χ4v) is 1.82. The summed E-state index contributed by atoms with van der Waals surface area (Å²) in [6.07, 6.45) is 1.51. The third kappa shape index (κ3) is 2.40. The summed E-state index contributed by atoms with van der Waals surface area (Å²) in [6, 6.07) is 6.34. The van der Waals surface area contributed by atoms with Crippen LogP contribution in [-0.4, -0.2) is 26.2 Å². The normalized spacial score (nSPS) is 14.9. The number of hydrogen-bond acceptors (Lipinski definition) is 3. The van der Waals surface area contributed by atoms with Crippen LogP contribution in [0.3, 0.4) is 0 Å². The molecule has 0 bridgehead atoms. The summed E-state index contributed by atoms with van der Waals surface area (Å²) in [6.45, 7) is 6.42. The van der Waals surface area contributed by atoms with Crippen molar-refractivity contribution in [3.8, 4) is 5.75 Å². The van der Waals surface area contributed by atoms with Crippen molar-refractivity contribution in [3.05, 3.63) is 18.2 Å². The van der Waals surface area contributed by atoms with Crippen molar-refractivity contribution in [3.63, 3.8) is 0 Å². The van der Waals surface area contributed by atoms with Crippen LogP contribution in [0.4, 0.5) is 11.4 Å². The molecule has 0 saturated carbocycles. The standard InChI is InChI=1S/C13H20N2O/c1-10(2)16-13-8-11(14-3)7-12(9-13)15-5-4-6-15/h7-10,14H,4-6H2,1-3H3. The largest absolute Gasteiger partial charge is 0.491 e. The second-order valence-corrected chi connectivity index (χ2v) is 4.47. The van der Waals surface area contributed by atoms with Crippen LogP contribution < -0.4 is 15.0 Å². The quantitative estimate of drug-likeness (QED) is 0.844. The average molecular weight is 220 g/mol. The predicted molar refractivity (Wildman–Crippen MR) is 68.6 cm³/mol. The average Bonchev–Trinajstić information content (AvgIpc) is 2.13. The molecule has 2 rings (SSSR count). The third-order valence-electron chi connectivity index (χ3n) is 2.77. The second kappa shape index (κ2) is 4.64. The van der Waals surface area contributed by atoms with Gasteiger partial charge in [0.05, 0.1) is 6.10 Å². The molecular weight excluding hydrogens is 200 g/mol. The first kappa shape index (κ1) is 11.1. The van der Waals surface area contributed by atoms with Crippen molar-refractivity contribution < 1.29 is 4.74 Å². The van der Waals surface area contributed by atoms with Gasteiger partial charge in [-0.05, 0) is 26.3 Å². The monoisotopic (exact) mass is 220 g/mol. The zero-order chi connectivity index (χ0) is 11.5. The van der Waals surface area contributed by atoms with Gasteiger partial charge in [0.15, 0.2) is 0 Å². The third-order valence-corrected chi connectivity index (χ3v) is 2.77. The van der Waals surface area contributed by atoms with Gasteiger partial charge in [-0.2, -0.15) is 0 Å². The topological polar surface area (TPSA) is 24.5 Å². The highest BCUT2D eigenvalue weighted by Crippen LogP contribution is 2.30. The highest BCUT2D eigenvalue weighted by molar-refractivity contribution is 5.63. The molecule has 0 aromatic heterocycles. The van der Waals surface area contributed by atoms with Crippen molar-refractivity contribution in [2.24, 2.45) is 0 Å². The zero-order valence-electron chi connectivity index (χ0n) is 10.3. The van der Waals surface area contributed by atoms with Gasteiger partial charge >= 0.3 is 0 Å². The molecule has 0 aliphatic carbocycles. The van der Waals surface area contributed by atoms with E-state index in [1.165, 1.54) is 12.1 Å². The SMILES string of the molecule is CNc1cc(OC(C)C)cc(N2CCC2)c1. The summed E-state index contributed by atoms with van der Waals surface area (Å²) in [5.74, 6) is 0.948. The summed E-state index contributed by atoms with van der Waals surface area (Å²) < 4.78 is 5.75. The predicted octanol–water partition coefficient (Wildman–Crippen LogP) is 2.73. The van der Waals surface area contributed by atoms with Gasteiger partial charge in [-0.15, -0.1) is 0 Å². The van der Waals surface area contributed by atoms with E-state index in [0.29, 0.717) is 0 Å². The summed E-state index contributed by atoms with van der Waals surface area (Å²) in [7, 11) is 1.94. The van der Waals surface area contributed by atoms with Crippen LogP contribution >= 0.6 is 0 Å². The summed E-state index contributed by atoms with van der Waals surface area (Å²) in [4.78, 5) is 2.37. The van der Waals surface area contributed by atoms with E-state index < -0.39 is 0 Å². The lowest BCUT2D eigenvalue weighted by atomic mass is 10.1. The molecule has 0 atom stereocenters. The lowest BCUT2D eigenvalue weighted by Crippen LogP contribution is -2.36. The molecule has 3 nitrogen and oxygen atoms in total. The zero-order valence-corrected chi connectivity index (χ0v) is 10.3. The molecule has 0 spiro atoms. The van der Waals surface area contributed by atoms with Crippen LogP contribution in [0.15, 0.2) is 18.2 Å². The maximum absolute atomic E-state index is 5.75. The molecule has 16 heavy (non-hydrogen) atoms. The number of ether oxygens (including phenoxy) is 1. The van der Waals surface area contributed by atoms with E-state index >= 15 is 0 Å². The number of nitrogens with one attached hydrogen (secondary N) is 1. The van der Waals surface area contributed by atoms with Crippen LogP contribution in [0.25, 0.3) is 0 Å². The Bertz CT molecular complexity index is 359. The molecule has 0 unspecified atom stereocenters. The summed E-state index contributed by atoms with van der Waals surface area (Å²) in [5.41, 5.74) is 2.37. The van der Waals surface area contributed by atoms with Gasteiger partial charge < -0.3 is 15.0 Å². The van der Waals surface area contributed by atoms with Crippen LogP contribution in [0.5, 0.6) is 5.75 Å². The van der Waals surface area contributed by atoms with Crippen LogP contribution in [0.1, 0.15) is 20.3 Å². The van der Waals surface area contributed by atoms with Gasteiger partial charge in [-0.3, -0.25) is 0 Å². The Kier molecular flexibility index (Phi) is 3.22. The van der Waals surface area contributed by atoms with Crippen molar-refractivity contribution >= 4 is 11.4 Å². The first-order chi connectivity index (χ1) is 7.69. The number of benzene rings is 1. The highest BCUT2D eigenvalue weighted by Gasteiger charge is 2.16. The fourth-order valence-electron chi connectivity index (χ4n) is 1.82. The molecule has 1 aliphatic heterocycles. The Morgan fingerprint density at radius 1 is 1.25 bits per heavy atom. The van der Waals surface area contributed by atoms with Gasteiger partial charge in [0.25, 0.3) is 0 Å². The molecule has 0 radical (unpaired) electrons. The van der Waals surface area contributed by atoms with Crippen molar-refractivity contribution in [1.82, 2.24) is 0 Å². The highest BCUT2D eigenvalue weighted by atomic mass is 16.5. The maximum atomic E-state index is 5.75. The molecular formula is C13H20N2O. The number of nitrogens with zero attached hydrogens (tertiary/aromatic N) is 1. The minimum Gasteiger partial charge on any atom is -0.491 e. The minimum absolute atomic E-state index is 0.219. The van der Waals surface area contributed by atoms with E-state index in [1.807, 2.05) is 13.1 Å². The van der Waals surface area contributed by atoms with E-state index in [2.05, 4.69) is 36.2 Å². The minimum atomic E-state index is 0.219. The van der Waals surface area contributed by atoms with E-state index in [4.69, 9.17) is 4.74 Å². The van der Waals surface area contributed by atoms with Gasteiger partial charge in [0.2, 0.25) is 0 Å².